The van der Waals surface area contributed by atoms with Gasteiger partial charge in [-0.15, -0.1) is 0 Å². The molecule has 1 aromatic carbocycles. The molecule has 0 aliphatic rings. The number of nitrogens with zero attached hydrogens (tertiary/aromatic N) is 2. The van der Waals surface area contributed by atoms with Crippen LogP contribution in [0.1, 0.15) is 6.92 Å². The van der Waals surface area contributed by atoms with E-state index in [4.69, 9.17) is 4.74 Å². The first-order valence-electron chi connectivity index (χ1n) is 6.41. The lowest BCUT2D eigenvalue weighted by atomic mass is 10.3. The minimum Gasteiger partial charge on any atom is -0.483 e. The van der Waals surface area contributed by atoms with Gasteiger partial charge >= 0.3 is 0 Å². The molecule has 0 aliphatic carbocycles. The van der Waals surface area contributed by atoms with Gasteiger partial charge < -0.3 is 14.5 Å². The summed E-state index contributed by atoms with van der Waals surface area (Å²) in [5.74, 6) is -0.482. The van der Waals surface area contributed by atoms with Crippen molar-refractivity contribution in [2.45, 2.75) is 6.92 Å². The molecule has 116 valence electrons. The van der Waals surface area contributed by atoms with E-state index in [0.717, 1.165) is 0 Å². The Hall–Kier alpha value is -1.63. The van der Waals surface area contributed by atoms with Crippen LogP contribution in [0.4, 0.5) is 4.39 Å². The summed E-state index contributed by atoms with van der Waals surface area (Å²) < 4.78 is 18.7. The third-order valence-corrected chi connectivity index (χ3v) is 3.42. The van der Waals surface area contributed by atoms with Gasteiger partial charge in [0.25, 0.3) is 5.91 Å². The number of ether oxygens (including phenoxy) is 1. The first-order valence-corrected chi connectivity index (χ1v) is 7.20. The van der Waals surface area contributed by atoms with Crippen molar-refractivity contribution in [2.75, 3.05) is 33.8 Å². The van der Waals surface area contributed by atoms with Gasteiger partial charge in [-0.1, -0.05) is 0 Å². The molecule has 5 nitrogen and oxygen atoms in total. The summed E-state index contributed by atoms with van der Waals surface area (Å²) in [6.07, 6.45) is 0. The van der Waals surface area contributed by atoms with E-state index in [1.54, 1.807) is 21.0 Å². The second-order valence-corrected chi connectivity index (χ2v) is 5.41. The smallest absolute Gasteiger partial charge is 0.260 e. The van der Waals surface area contributed by atoms with Crippen molar-refractivity contribution >= 4 is 27.7 Å². The molecule has 0 spiro atoms. The lowest BCUT2D eigenvalue weighted by Gasteiger charge is -2.22. The monoisotopic (exact) mass is 360 g/mol. The summed E-state index contributed by atoms with van der Waals surface area (Å²) in [7, 11) is 3.26. The van der Waals surface area contributed by atoms with Gasteiger partial charge in [-0.05, 0) is 41.1 Å². The fraction of sp³-hybridized carbons (Fsp3) is 0.429. The average molecular weight is 361 g/mol. The molecule has 7 heteroatoms. The number of carbonyl (C=O) groups excluding carboxylic acids is 2. The molecule has 1 rings (SSSR count). The zero-order valence-electron chi connectivity index (χ0n) is 12.2. The SMILES string of the molecule is CCN(CC(=O)N(C)C)C(=O)COc1ccc(F)cc1Br. The number of likely N-dealkylation sites (N-methyl/N-ethyl adjacent to an activating group) is 2. The zero-order chi connectivity index (χ0) is 16.0. The molecule has 1 aromatic rings. The number of carbonyl (C=O) groups is 2. The van der Waals surface area contributed by atoms with Gasteiger partial charge in [0.1, 0.15) is 11.6 Å². The Morgan fingerprint density at radius 2 is 1.95 bits per heavy atom. The van der Waals surface area contributed by atoms with Crippen LogP contribution in [0.5, 0.6) is 5.75 Å². The maximum absolute atomic E-state index is 12.9. The molecule has 0 fully saturated rings. The number of rotatable bonds is 6. The Kier molecular flexibility index (Phi) is 6.61. The summed E-state index contributed by atoms with van der Waals surface area (Å²) in [4.78, 5) is 26.5. The highest BCUT2D eigenvalue weighted by atomic mass is 79.9. The average Bonchev–Trinajstić information content (AvgIpc) is 2.43. The van der Waals surface area contributed by atoms with Crippen LogP contribution in [-0.2, 0) is 9.59 Å². The summed E-state index contributed by atoms with van der Waals surface area (Å²) in [5.41, 5.74) is 0. The van der Waals surface area contributed by atoms with Gasteiger partial charge in [0.15, 0.2) is 6.61 Å². The molecule has 2 amide bonds. The van der Waals surface area contributed by atoms with Gasteiger partial charge in [0, 0.05) is 20.6 Å². The predicted molar refractivity (Wildman–Crippen MR) is 80.5 cm³/mol. The quantitative estimate of drug-likeness (QED) is 0.778. The molecule has 0 N–H and O–H groups in total. The molecule has 0 aromatic heterocycles. The molecule has 0 radical (unpaired) electrons. The van der Waals surface area contributed by atoms with Crippen LogP contribution in [0.15, 0.2) is 22.7 Å². The Morgan fingerprint density at radius 3 is 2.48 bits per heavy atom. The Labute approximate surface area is 131 Å². The van der Waals surface area contributed by atoms with E-state index in [1.165, 1.54) is 28.0 Å². The van der Waals surface area contributed by atoms with E-state index in [9.17, 15) is 14.0 Å². The Balaban J connectivity index is 2.60. The Bertz CT molecular complexity index is 523. The topological polar surface area (TPSA) is 49.9 Å². The third kappa shape index (κ3) is 5.34. The zero-order valence-corrected chi connectivity index (χ0v) is 13.8. The summed E-state index contributed by atoms with van der Waals surface area (Å²) >= 11 is 3.16. The van der Waals surface area contributed by atoms with Crippen LogP contribution in [0.25, 0.3) is 0 Å². The summed E-state index contributed by atoms with van der Waals surface area (Å²) in [6, 6.07) is 3.94. The van der Waals surface area contributed by atoms with Crippen molar-refractivity contribution in [3.05, 3.63) is 28.5 Å². The second kappa shape index (κ2) is 7.97. The first kappa shape index (κ1) is 17.4. The second-order valence-electron chi connectivity index (χ2n) is 4.56. The van der Waals surface area contributed by atoms with Crippen LogP contribution < -0.4 is 4.74 Å². The normalized spacial score (nSPS) is 10.1. The van der Waals surface area contributed by atoms with Gasteiger partial charge in [0.05, 0.1) is 11.0 Å². The number of benzene rings is 1. The van der Waals surface area contributed by atoms with Crippen molar-refractivity contribution in [3.63, 3.8) is 0 Å². The van der Waals surface area contributed by atoms with Crippen molar-refractivity contribution in [2.24, 2.45) is 0 Å². The van der Waals surface area contributed by atoms with E-state index in [2.05, 4.69) is 15.9 Å². The number of hydrogen-bond acceptors (Lipinski definition) is 3. The van der Waals surface area contributed by atoms with Crippen LogP contribution >= 0.6 is 15.9 Å². The maximum Gasteiger partial charge on any atom is 0.260 e. The van der Waals surface area contributed by atoms with Crippen LogP contribution in [0.3, 0.4) is 0 Å². The molecule has 0 saturated carbocycles. The fourth-order valence-corrected chi connectivity index (χ4v) is 1.97. The standard InChI is InChI=1S/C14H18BrFN2O3/c1-4-18(8-13(19)17(2)3)14(20)9-21-12-6-5-10(16)7-11(12)15/h5-7H,4,8-9H2,1-3H3. The molecule has 0 atom stereocenters. The van der Waals surface area contributed by atoms with Crippen molar-refractivity contribution in [1.82, 2.24) is 9.80 Å². The van der Waals surface area contributed by atoms with Crippen LogP contribution in [0.2, 0.25) is 0 Å². The molecule has 0 bridgehead atoms. The minimum atomic E-state index is -0.396. The largest absolute Gasteiger partial charge is 0.483 e. The molecule has 0 aliphatic heterocycles. The first-order chi connectivity index (χ1) is 9.85. The number of hydrogen-bond donors (Lipinski definition) is 0. The van der Waals surface area contributed by atoms with E-state index in [0.29, 0.717) is 16.8 Å². The molecule has 0 saturated heterocycles. The van der Waals surface area contributed by atoms with E-state index >= 15 is 0 Å². The van der Waals surface area contributed by atoms with Crippen molar-refractivity contribution < 1.29 is 18.7 Å². The molecule has 21 heavy (non-hydrogen) atoms. The van der Waals surface area contributed by atoms with Crippen LogP contribution in [-0.4, -0.2) is 55.4 Å². The van der Waals surface area contributed by atoms with E-state index < -0.39 is 5.82 Å². The van der Waals surface area contributed by atoms with Crippen LogP contribution in [0, 0.1) is 5.82 Å². The lowest BCUT2D eigenvalue weighted by molar-refractivity contribution is -0.140. The van der Waals surface area contributed by atoms with E-state index in [1.807, 2.05) is 0 Å². The van der Waals surface area contributed by atoms with Crippen molar-refractivity contribution in [3.8, 4) is 5.75 Å². The van der Waals surface area contributed by atoms with Gasteiger partial charge in [-0.2, -0.15) is 0 Å². The van der Waals surface area contributed by atoms with Crippen molar-refractivity contribution in [1.29, 1.82) is 0 Å². The minimum absolute atomic E-state index is 0.0102. The number of halogens is 2. The summed E-state index contributed by atoms with van der Waals surface area (Å²) in [6.45, 7) is 2.00. The highest BCUT2D eigenvalue weighted by Crippen LogP contribution is 2.25. The highest BCUT2D eigenvalue weighted by Gasteiger charge is 2.17. The van der Waals surface area contributed by atoms with Gasteiger partial charge in [0.2, 0.25) is 5.91 Å². The highest BCUT2D eigenvalue weighted by molar-refractivity contribution is 9.10. The molecular weight excluding hydrogens is 343 g/mol. The molecule has 0 heterocycles. The third-order valence-electron chi connectivity index (χ3n) is 2.80. The maximum atomic E-state index is 12.9. The Morgan fingerprint density at radius 1 is 1.29 bits per heavy atom. The summed E-state index contributed by atoms with van der Waals surface area (Å²) in [5, 5.41) is 0. The van der Waals surface area contributed by atoms with Gasteiger partial charge in [-0.3, -0.25) is 9.59 Å². The fourth-order valence-electron chi connectivity index (χ4n) is 1.50. The van der Waals surface area contributed by atoms with E-state index in [-0.39, 0.29) is 25.0 Å². The molecular formula is C14H18BrFN2O3. The lowest BCUT2D eigenvalue weighted by Crippen LogP contribution is -2.42. The van der Waals surface area contributed by atoms with Gasteiger partial charge in [-0.25, -0.2) is 4.39 Å². The predicted octanol–water partition coefficient (Wildman–Crippen LogP) is 1.90. The number of amides is 2. The molecule has 0 unspecified atom stereocenters.